The predicted octanol–water partition coefficient (Wildman–Crippen LogP) is -5.66. The standard InChI is InChI=1S/C25H36O20.C6H10O2.C5H12O4.C3H6O3/c1-13(42-17(30)5-26)21(34)38-9-25(10-39-22(35)14(2)43-18(31)6-27,11-40-23(36)15(3)44-19(32)7-28)12-41-24(37)16(4)45-20(33)8-29;7-6-4-2-1-3-5-8-6;6-1-5(2-7,3-8)4-9;1-2(4)3(5)6/h13-16,26-29H,5-12H2,1-4H3;1-5H2;6-9H,1-4H2;2,4H,1H3,(H,5,6). The molecule has 1 heterocycles. The first-order valence-electron chi connectivity index (χ1n) is 20.2. The van der Waals surface area contributed by atoms with Gasteiger partial charge >= 0.3 is 59.7 Å². The number of hydrogen-bond donors (Lipinski definition) is 10. The van der Waals surface area contributed by atoms with Gasteiger partial charge in [0.2, 0.25) is 0 Å². The molecule has 0 aromatic heterocycles. The van der Waals surface area contributed by atoms with Gasteiger partial charge in [0.1, 0.15) is 64.4 Å². The lowest BCUT2D eigenvalue weighted by Gasteiger charge is -2.32. The maximum absolute atomic E-state index is 12.5. The van der Waals surface area contributed by atoms with Crippen molar-refractivity contribution >= 4 is 59.7 Å². The number of aliphatic hydroxyl groups excluding tert-OH is 9. The summed E-state index contributed by atoms with van der Waals surface area (Å²) in [5.74, 6) is -10.9. The highest BCUT2D eigenvalue weighted by Gasteiger charge is 2.40. The SMILES string of the molecule is CC(O)C(=O)O.CC(OC(=O)CO)C(=O)OCC(COC(=O)C(C)OC(=O)CO)(COC(=O)C(C)OC(=O)CO)COC(=O)C(C)OC(=O)CO.O=C1CCCCCO1.OCC(CO)(CO)CO. The second kappa shape index (κ2) is 37.3. The molecule has 10 N–H and O–H groups in total. The summed E-state index contributed by atoms with van der Waals surface area (Å²) in [6, 6.07) is 0. The van der Waals surface area contributed by atoms with Crippen molar-refractivity contribution in [3.05, 3.63) is 0 Å². The number of carboxylic acids is 1. The Labute approximate surface area is 388 Å². The summed E-state index contributed by atoms with van der Waals surface area (Å²) < 4.78 is 43.7. The quantitative estimate of drug-likeness (QED) is 0.0301. The van der Waals surface area contributed by atoms with Crippen molar-refractivity contribution in [2.24, 2.45) is 10.8 Å². The highest BCUT2D eigenvalue weighted by Crippen LogP contribution is 2.23. The number of carbonyl (C=O) groups is 10. The zero-order valence-electron chi connectivity index (χ0n) is 38.1. The molecule has 0 bridgehead atoms. The van der Waals surface area contributed by atoms with E-state index in [0.29, 0.717) is 13.0 Å². The van der Waals surface area contributed by atoms with Gasteiger partial charge in [0.25, 0.3) is 0 Å². The van der Waals surface area contributed by atoms with E-state index in [4.69, 9.17) is 74.7 Å². The van der Waals surface area contributed by atoms with Crippen molar-refractivity contribution in [1.82, 2.24) is 0 Å². The van der Waals surface area contributed by atoms with Crippen LogP contribution < -0.4 is 0 Å². The number of esters is 9. The Kier molecular flexibility index (Phi) is 36.6. The van der Waals surface area contributed by atoms with Crippen LogP contribution in [0.4, 0.5) is 0 Å². The first-order valence-corrected chi connectivity index (χ1v) is 20.2. The van der Waals surface area contributed by atoms with Gasteiger partial charge in [-0.1, -0.05) is 0 Å². The summed E-state index contributed by atoms with van der Waals surface area (Å²) in [6.45, 7) is -3.44. The van der Waals surface area contributed by atoms with Crippen molar-refractivity contribution in [1.29, 1.82) is 0 Å². The van der Waals surface area contributed by atoms with Crippen molar-refractivity contribution in [2.75, 3.05) is 85.9 Å². The molecular formula is C39H64O29. The minimum atomic E-state index is -2.01. The van der Waals surface area contributed by atoms with Crippen LogP contribution in [0.5, 0.6) is 0 Å². The van der Waals surface area contributed by atoms with Crippen molar-refractivity contribution in [2.45, 2.75) is 90.8 Å². The summed E-state index contributed by atoms with van der Waals surface area (Å²) in [7, 11) is 0. The molecular weight excluding hydrogens is 932 g/mol. The topological polar surface area (TPSA) is 456 Å². The molecule has 0 spiro atoms. The van der Waals surface area contributed by atoms with Gasteiger partial charge in [-0.3, -0.25) is 4.79 Å². The number of cyclic esters (lactones) is 1. The lowest BCUT2D eigenvalue weighted by molar-refractivity contribution is -0.188. The van der Waals surface area contributed by atoms with Crippen LogP contribution in [0.1, 0.15) is 60.3 Å². The van der Waals surface area contributed by atoms with Crippen LogP contribution in [0, 0.1) is 10.8 Å². The van der Waals surface area contributed by atoms with E-state index in [0.717, 1.165) is 47.0 Å². The van der Waals surface area contributed by atoms with Crippen LogP contribution in [0.3, 0.4) is 0 Å². The second-order valence-corrected chi connectivity index (χ2v) is 14.3. The van der Waals surface area contributed by atoms with E-state index in [-0.39, 0.29) is 5.97 Å². The smallest absolute Gasteiger partial charge is 0.347 e. The highest BCUT2D eigenvalue weighted by atomic mass is 16.6. The zero-order valence-corrected chi connectivity index (χ0v) is 38.1. The van der Waals surface area contributed by atoms with Gasteiger partial charge in [-0.05, 0) is 53.9 Å². The molecule has 5 unspecified atom stereocenters. The molecule has 0 aliphatic carbocycles. The third-order valence-electron chi connectivity index (χ3n) is 8.15. The van der Waals surface area contributed by atoms with Gasteiger partial charge in [0.05, 0.1) is 38.4 Å². The summed E-state index contributed by atoms with van der Waals surface area (Å²) in [5.41, 5.74) is -3.13. The Bertz CT molecular complexity index is 1370. The van der Waals surface area contributed by atoms with E-state index in [1.165, 1.54) is 6.92 Å². The Balaban J connectivity index is -0.00000147. The molecule has 29 heteroatoms. The number of carboxylic acid groups (broad SMARTS) is 1. The average molecular weight is 997 g/mol. The molecule has 394 valence electrons. The molecule has 0 amide bonds. The molecule has 0 radical (unpaired) electrons. The first-order chi connectivity index (χ1) is 31.8. The summed E-state index contributed by atoms with van der Waals surface area (Å²) in [5, 5.41) is 85.1. The predicted molar refractivity (Wildman–Crippen MR) is 216 cm³/mol. The van der Waals surface area contributed by atoms with Gasteiger partial charge in [-0.15, -0.1) is 0 Å². The molecule has 0 aromatic rings. The molecule has 5 atom stereocenters. The van der Waals surface area contributed by atoms with Crippen molar-refractivity contribution < 1.29 is 142 Å². The van der Waals surface area contributed by atoms with E-state index in [1.807, 2.05) is 0 Å². The molecule has 0 saturated carbocycles. The third kappa shape index (κ3) is 30.6. The van der Waals surface area contributed by atoms with Gasteiger partial charge < -0.3 is 93.7 Å². The molecule has 29 nitrogen and oxygen atoms in total. The van der Waals surface area contributed by atoms with Crippen LogP contribution in [0.25, 0.3) is 0 Å². The number of aliphatic hydroxyl groups is 9. The summed E-state index contributed by atoms with van der Waals surface area (Å²) in [6.07, 6.45) is -3.78. The normalized spacial score (nSPS) is 15.0. The molecule has 1 aliphatic heterocycles. The lowest BCUT2D eigenvalue weighted by atomic mass is 9.92. The molecule has 0 aromatic carbocycles. The van der Waals surface area contributed by atoms with E-state index in [2.05, 4.69) is 18.9 Å². The second-order valence-electron chi connectivity index (χ2n) is 14.3. The van der Waals surface area contributed by atoms with Crippen LogP contribution in [-0.4, -0.2) is 227 Å². The minimum absolute atomic E-state index is 0.0255. The van der Waals surface area contributed by atoms with E-state index in [9.17, 15) is 47.9 Å². The maximum atomic E-state index is 12.5. The number of hydrogen-bond acceptors (Lipinski definition) is 28. The largest absolute Gasteiger partial charge is 0.479 e. The van der Waals surface area contributed by atoms with E-state index >= 15 is 0 Å². The van der Waals surface area contributed by atoms with Crippen LogP contribution >= 0.6 is 0 Å². The molecule has 68 heavy (non-hydrogen) atoms. The van der Waals surface area contributed by atoms with Crippen molar-refractivity contribution in [3.63, 3.8) is 0 Å². The maximum Gasteiger partial charge on any atom is 0.347 e. The number of aliphatic carboxylic acids is 1. The molecule has 1 rings (SSSR count). The molecule has 1 fully saturated rings. The Hall–Kier alpha value is -5.66. The third-order valence-corrected chi connectivity index (χ3v) is 8.15. The fraction of sp³-hybridized carbons (Fsp3) is 0.744. The monoisotopic (exact) mass is 996 g/mol. The summed E-state index contributed by atoms with van der Waals surface area (Å²) >= 11 is 0. The van der Waals surface area contributed by atoms with Gasteiger partial charge in [0.15, 0.2) is 24.4 Å². The van der Waals surface area contributed by atoms with Crippen LogP contribution in [0.15, 0.2) is 0 Å². The molecule has 1 saturated heterocycles. The van der Waals surface area contributed by atoms with Gasteiger partial charge in [-0.25, -0.2) is 43.2 Å². The van der Waals surface area contributed by atoms with Gasteiger partial charge in [-0.2, -0.15) is 0 Å². The average Bonchev–Trinajstić information content (AvgIpc) is 3.58. The summed E-state index contributed by atoms with van der Waals surface area (Å²) in [4.78, 5) is 115. The van der Waals surface area contributed by atoms with E-state index < -0.39 is 174 Å². The number of carbonyl (C=O) groups excluding carboxylic acids is 9. The number of rotatable bonds is 25. The van der Waals surface area contributed by atoms with Crippen LogP contribution in [0.2, 0.25) is 0 Å². The Morgan fingerprint density at radius 3 is 0.956 bits per heavy atom. The highest BCUT2D eigenvalue weighted by molar-refractivity contribution is 5.81. The van der Waals surface area contributed by atoms with Crippen molar-refractivity contribution in [3.8, 4) is 0 Å². The molecule has 1 aliphatic rings. The lowest BCUT2D eigenvalue weighted by Crippen LogP contribution is -2.46. The van der Waals surface area contributed by atoms with E-state index in [1.54, 1.807) is 0 Å². The fourth-order valence-electron chi connectivity index (χ4n) is 3.85. The van der Waals surface area contributed by atoms with Gasteiger partial charge in [0, 0.05) is 6.42 Å². The van der Waals surface area contributed by atoms with Crippen LogP contribution in [-0.2, 0) is 90.6 Å². The zero-order chi connectivity index (χ0) is 53.0. The Morgan fingerprint density at radius 2 is 0.750 bits per heavy atom. The minimum Gasteiger partial charge on any atom is -0.479 e. The Morgan fingerprint density at radius 1 is 0.485 bits per heavy atom. The first kappa shape index (κ1) is 66.6. The fourth-order valence-corrected chi connectivity index (χ4v) is 3.85. The number of ether oxygens (including phenoxy) is 9.